The predicted molar refractivity (Wildman–Crippen MR) is 158 cm³/mol. The van der Waals surface area contributed by atoms with Gasteiger partial charge in [-0.2, -0.15) is 8.78 Å². The molecule has 0 fully saturated rings. The van der Waals surface area contributed by atoms with Crippen molar-refractivity contribution in [3.63, 3.8) is 0 Å². The van der Waals surface area contributed by atoms with Gasteiger partial charge in [0.15, 0.2) is 0 Å². The number of imidazole rings is 1. The second kappa shape index (κ2) is 13.5. The highest BCUT2D eigenvalue weighted by Gasteiger charge is 2.30. The van der Waals surface area contributed by atoms with Gasteiger partial charge in [-0.25, -0.2) is 14.2 Å². The zero-order valence-corrected chi connectivity index (χ0v) is 24.3. The fourth-order valence-electron chi connectivity index (χ4n) is 4.76. The maximum absolute atomic E-state index is 13.7. The summed E-state index contributed by atoms with van der Waals surface area (Å²) in [6.07, 6.45) is 3.26. The number of H-pyrrole nitrogens is 1. The zero-order chi connectivity index (χ0) is 31.2. The molecule has 0 radical (unpaired) electrons. The number of rotatable bonds is 10. The molecule has 1 atom stereocenters. The molecule has 1 amide bonds. The molecule has 0 aliphatic heterocycles. The van der Waals surface area contributed by atoms with E-state index in [0.717, 1.165) is 11.1 Å². The number of nitrogens with zero attached hydrogens (tertiary/aromatic N) is 2. The lowest BCUT2D eigenvalue weighted by Gasteiger charge is -2.15. The van der Waals surface area contributed by atoms with Gasteiger partial charge < -0.3 is 14.5 Å². The van der Waals surface area contributed by atoms with Crippen molar-refractivity contribution in [1.29, 1.82) is 0 Å². The van der Waals surface area contributed by atoms with Crippen LogP contribution in [0.4, 0.5) is 23.7 Å². The Balaban J connectivity index is 1.53. The summed E-state index contributed by atoms with van der Waals surface area (Å²) in [7, 11) is 2.77. The van der Waals surface area contributed by atoms with Crippen molar-refractivity contribution in [3.05, 3.63) is 119 Å². The number of amides is 1. The average Bonchev–Trinajstić information content (AvgIpc) is 3.51. The average molecular weight is 624 g/mol. The first-order valence-corrected chi connectivity index (χ1v) is 13.7. The van der Waals surface area contributed by atoms with E-state index < -0.39 is 18.6 Å². The van der Waals surface area contributed by atoms with Crippen molar-refractivity contribution in [2.24, 2.45) is 0 Å². The molecule has 0 saturated heterocycles. The number of hydrogen-bond acceptors (Lipinski definition) is 5. The van der Waals surface area contributed by atoms with Gasteiger partial charge in [0.2, 0.25) is 11.9 Å². The van der Waals surface area contributed by atoms with Crippen LogP contribution in [-0.4, -0.2) is 36.9 Å². The van der Waals surface area contributed by atoms with Crippen LogP contribution in [0.5, 0.6) is 5.75 Å². The van der Waals surface area contributed by atoms with Crippen molar-refractivity contribution in [2.45, 2.75) is 19.0 Å². The first kappa shape index (κ1) is 30.4. The first-order chi connectivity index (χ1) is 21.2. The maximum Gasteiger partial charge on any atom is 0.411 e. The third-order valence-corrected chi connectivity index (χ3v) is 7.10. The molecule has 8 nitrogen and oxygen atoms in total. The molecule has 2 N–H and O–H groups in total. The van der Waals surface area contributed by atoms with Gasteiger partial charge in [-0.05, 0) is 60.5 Å². The summed E-state index contributed by atoms with van der Waals surface area (Å²) in [5.41, 5.74) is 4.42. The van der Waals surface area contributed by atoms with Crippen LogP contribution in [0.1, 0.15) is 23.0 Å². The quantitative estimate of drug-likeness (QED) is 0.163. The number of nitrogens with one attached hydrogen (secondary N) is 2. The molecule has 0 saturated carbocycles. The van der Waals surface area contributed by atoms with E-state index in [1.54, 1.807) is 48.8 Å². The number of pyridine rings is 1. The van der Waals surface area contributed by atoms with E-state index in [1.807, 2.05) is 12.1 Å². The van der Waals surface area contributed by atoms with E-state index in [9.17, 15) is 18.0 Å². The molecule has 0 bridgehead atoms. The summed E-state index contributed by atoms with van der Waals surface area (Å²) in [6, 6.07) is 21.2. The lowest BCUT2D eigenvalue weighted by molar-refractivity contribution is -0.890. The molecule has 2 aromatic heterocycles. The normalized spacial score (nSPS) is 11.7. The minimum absolute atomic E-state index is 0.0360. The second-order valence-electron chi connectivity index (χ2n) is 9.62. The van der Waals surface area contributed by atoms with E-state index in [1.165, 1.54) is 49.3 Å². The van der Waals surface area contributed by atoms with Gasteiger partial charge in [0.25, 0.3) is 0 Å². The molecular weight excluding hydrogens is 597 g/mol. The van der Waals surface area contributed by atoms with Crippen LogP contribution >= 0.6 is 11.6 Å². The number of benzene rings is 3. The summed E-state index contributed by atoms with van der Waals surface area (Å²) in [4.78, 5) is 25.4. The molecule has 0 aliphatic rings. The summed E-state index contributed by atoms with van der Waals surface area (Å²) < 4.78 is 50.8. The Bertz CT molecular complexity index is 1750. The standard InChI is InChI=1S/C32H26ClF3N4O4/c1-42-32(41)38-24-11-5-20(6-12-24)27-17-37-30(39-27)26(15-19-3-9-23(34)10-4-19)28-13-7-21(18-40(28)43-2)25-16-22(33)8-14-29(25)44-31(35)36/h3-14,16-18,26,31H,15H2,1-2H3,(H-,37,38,39,41)/p+1. The van der Waals surface area contributed by atoms with Gasteiger partial charge in [0.1, 0.15) is 30.4 Å². The van der Waals surface area contributed by atoms with Crippen molar-refractivity contribution < 1.29 is 37.0 Å². The number of anilines is 1. The molecule has 1 unspecified atom stereocenters. The van der Waals surface area contributed by atoms with Crippen molar-refractivity contribution in [3.8, 4) is 28.1 Å². The van der Waals surface area contributed by atoms with Crippen LogP contribution in [0.25, 0.3) is 22.4 Å². The molecule has 44 heavy (non-hydrogen) atoms. The van der Waals surface area contributed by atoms with Crippen LogP contribution in [-0.2, 0) is 11.2 Å². The SMILES string of the molecule is COC(=O)Nc1ccc(-c2c[nH]c(C(Cc3ccc(F)cc3)c3ccc(-c4cc(Cl)ccc4OC(F)F)c[n+]3OC)n2)cc1. The minimum atomic E-state index is -3.02. The summed E-state index contributed by atoms with van der Waals surface area (Å²) in [5, 5.41) is 2.95. The fraction of sp³-hybridized carbons (Fsp3) is 0.156. The lowest BCUT2D eigenvalue weighted by atomic mass is 9.94. The molecule has 2 heterocycles. The molecule has 0 aliphatic carbocycles. The first-order valence-electron chi connectivity index (χ1n) is 13.3. The van der Waals surface area contributed by atoms with E-state index in [-0.39, 0.29) is 11.6 Å². The summed E-state index contributed by atoms with van der Waals surface area (Å²) in [6.45, 7) is -3.02. The van der Waals surface area contributed by atoms with E-state index in [0.29, 0.717) is 45.5 Å². The Morgan fingerprint density at radius 2 is 1.73 bits per heavy atom. The number of carbonyl (C=O) groups excluding carboxylic acids is 1. The van der Waals surface area contributed by atoms with Crippen LogP contribution in [0.3, 0.4) is 0 Å². The Kier molecular flexibility index (Phi) is 9.35. The van der Waals surface area contributed by atoms with Crippen molar-refractivity contribution in [1.82, 2.24) is 9.97 Å². The Hall–Kier alpha value is -5.03. The highest BCUT2D eigenvalue weighted by Crippen LogP contribution is 2.34. The molecule has 0 spiro atoms. The number of aromatic amines is 1. The number of methoxy groups -OCH3 is 1. The van der Waals surface area contributed by atoms with E-state index in [2.05, 4.69) is 15.0 Å². The zero-order valence-electron chi connectivity index (χ0n) is 23.6. The maximum atomic E-state index is 13.7. The van der Waals surface area contributed by atoms with Crippen LogP contribution < -0.4 is 19.6 Å². The van der Waals surface area contributed by atoms with E-state index >= 15 is 0 Å². The van der Waals surface area contributed by atoms with E-state index in [4.69, 9.17) is 26.2 Å². The Morgan fingerprint density at radius 1 is 1.00 bits per heavy atom. The van der Waals surface area contributed by atoms with Crippen LogP contribution in [0.15, 0.2) is 91.3 Å². The summed E-state index contributed by atoms with van der Waals surface area (Å²) in [5.74, 6) is -0.190. The molecule has 5 rings (SSSR count). The minimum Gasteiger partial charge on any atom is -0.453 e. The fourth-order valence-corrected chi connectivity index (χ4v) is 4.93. The van der Waals surface area contributed by atoms with Crippen molar-refractivity contribution >= 4 is 23.4 Å². The lowest BCUT2D eigenvalue weighted by Crippen LogP contribution is -2.46. The van der Waals surface area contributed by atoms with Gasteiger partial charge in [0.05, 0.1) is 18.4 Å². The van der Waals surface area contributed by atoms with Gasteiger partial charge >= 0.3 is 12.7 Å². The van der Waals surface area contributed by atoms with Crippen LogP contribution in [0.2, 0.25) is 5.02 Å². The molecule has 226 valence electrons. The molecule has 3 aromatic carbocycles. The predicted octanol–water partition coefficient (Wildman–Crippen LogP) is 7.04. The third-order valence-electron chi connectivity index (χ3n) is 6.86. The van der Waals surface area contributed by atoms with Crippen LogP contribution in [0, 0.1) is 5.82 Å². The molecule has 12 heteroatoms. The van der Waals surface area contributed by atoms with Gasteiger partial charge in [-0.1, -0.05) is 35.9 Å². The Labute approximate surface area is 256 Å². The smallest absolute Gasteiger partial charge is 0.411 e. The van der Waals surface area contributed by atoms with Gasteiger partial charge in [0, 0.05) is 38.8 Å². The molecular formula is C32H27ClF3N4O4+. The number of ether oxygens (including phenoxy) is 2. The topological polar surface area (TPSA) is 89.3 Å². The highest BCUT2D eigenvalue weighted by molar-refractivity contribution is 6.31. The van der Waals surface area contributed by atoms with Crippen molar-refractivity contribution in [2.75, 3.05) is 19.5 Å². The number of alkyl halides is 2. The molecule has 5 aromatic rings. The summed E-state index contributed by atoms with van der Waals surface area (Å²) >= 11 is 6.19. The second-order valence-corrected chi connectivity index (χ2v) is 10.1. The highest BCUT2D eigenvalue weighted by atomic mass is 35.5. The Morgan fingerprint density at radius 3 is 2.41 bits per heavy atom. The largest absolute Gasteiger partial charge is 0.453 e. The number of hydrogen-bond donors (Lipinski definition) is 2. The number of carbonyl (C=O) groups is 1. The van der Waals surface area contributed by atoms with Gasteiger partial charge in [-0.3, -0.25) is 10.2 Å². The van der Waals surface area contributed by atoms with Gasteiger partial charge in [-0.15, -0.1) is 0 Å². The number of aromatic nitrogens is 3. The third kappa shape index (κ3) is 7.12. The number of halogens is 4. The monoisotopic (exact) mass is 623 g/mol.